The second-order valence-corrected chi connectivity index (χ2v) is 11.2. The summed E-state index contributed by atoms with van der Waals surface area (Å²) in [6.07, 6.45) is 9.76. The Hall–Kier alpha value is -2.80. The average Bonchev–Trinajstić information content (AvgIpc) is 3.37. The maximum absolute atomic E-state index is 12.5. The zero-order valence-electron chi connectivity index (χ0n) is 22.7. The van der Waals surface area contributed by atoms with E-state index in [-0.39, 0.29) is 12.1 Å². The van der Waals surface area contributed by atoms with E-state index in [9.17, 15) is 4.79 Å². The summed E-state index contributed by atoms with van der Waals surface area (Å²) in [5.41, 5.74) is 1.94. The number of carbonyl (C=O) groups excluding carboxylic acids is 1. The van der Waals surface area contributed by atoms with Crippen LogP contribution in [0.4, 0.5) is 10.5 Å². The van der Waals surface area contributed by atoms with Crippen LogP contribution in [0.15, 0.2) is 48.8 Å². The predicted molar refractivity (Wildman–Crippen MR) is 146 cm³/mol. The van der Waals surface area contributed by atoms with Crippen LogP contribution in [-0.2, 0) is 15.9 Å². The van der Waals surface area contributed by atoms with Crippen LogP contribution in [-0.4, -0.2) is 67.1 Å². The van der Waals surface area contributed by atoms with E-state index in [1.807, 2.05) is 33.0 Å². The van der Waals surface area contributed by atoms with Crippen LogP contribution in [0.5, 0.6) is 5.75 Å². The number of carbonyl (C=O) groups is 1. The first-order valence-corrected chi connectivity index (χ1v) is 13.8. The van der Waals surface area contributed by atoms with Gasteiger partial charge in [0.1, 0.15) is 18.0 Å². The Morgan fingerprint density at radius 3 is 2.57 bits per heavy atom. The Balaban J connectivity index is 1.17. The highest BCUT2D eigenvalue weighted by atomic mass is 16.6. The van der Waals surface area contributed by atoms with Crippen molar-refractivity contribution in [2.75, 3.05) is 44.4 Å². The van der Waals surface area contributed by atoms with Crippen molar-refractivity contribution in [1.29, 1.82) is 0 Å². The molecule has 0 saturated carbocycles. The lowest BCUT2D eigenvalue weighted by Crippen LogP contribution is -2.42. The summed E-state index contributed by atoms with van der Waals surface area (Å²) < 4.78 is 17.6. The predicted octanol–water partition coefficient (Wildman–Crippen LogP) is 5.73. The zero-order valence-corrected chi connectivity index (χ0v) is 22.7. The number of ether oxygens (including phenoxy) is 3. The number of likely N-dealkylation sites (tertiary alicyclic amines) is 1. The summed E-state index contributed by atoms with van der Waals surface area (Å²) >= 11 is 0. The van der Waals surface area contributed by atoms with Gasteiger partial charge in [0.15, 0.2) is 0 Å². The SMILES string of the molecule is CC(C)(C)OC(=O)N1CCCC1COc1cncc(N2CCC(CCOCCc3ccccc3)CC2)c1. The van der Waals surface area contributed by atoms with E-state index in [1.54, 1.807) is 11.1 Å². The van der Waals surface area contributed by atoms with E-state index in [4.69, 9.17) is 14.2 Å². The van der Waals surface area contributed by atoms with Gasteiger partial charge in [-0.3, -0.25) is 4.98 Å². The van der Waals surface area contributed by atoms with E-state index in [2.05, 4.69) is 40.2 Å². The Kier molecular flexibility index (Phi) is 9.67. The Morgan fingerprint density at radius 2 is 1.81 bits per heavy atom. The first kappa shape index (κ1) is 27.2. The Bertz CT molecular complexity index is 970. The van der Waals surface area contributed by atoms with Crippen LogP contribution in [0.3, 0.4) is 0 Å². The molecule has 1 unspecified atom stereocenters. The summed E-state index contributed by atoms with van der Waals surface area (Å²) in [4.78, 5) is 21.2. The van der Waals surface area contributed by atoms with Gasteiger partial charge in [0.25, 0.3) is 0 Å². The lowest BCUT2D eigenvalue weighted by atomic mass is 9.94. The molecule has 0 aliphatic carbocycles. The zero-order chi connectivity index (χ0) is 26.1. The van der Waals surface area contributed by atoms with Crippen molar-refractivity contribution in [1.82, 2.24) is 9.88 Å². The van der Waals surface area contributed by atoms with Crippen molar-refractivity contribution in [2.24, 2.45) is 5.92 Å². The molecule has 37 heavy (non-hydrogen) atoms. The minimum Gasteiger partial charge on any atom is -0.490 e. The molecule has 0 radical (unpaired) electrons. The van der Waals surface area contributed by atoms with Crippen molar-refractivity contribution < 1.29 is 19.0 Å². The summed E-state index contributed by atoms with van der Waals surface area (Å²) in [5, 5.41) is 0. The van der Waals surface area contributed by atoms with Gasteiger partial charge in [-0.25, -0.2) is 4.79 Å². The van der Waals surface area contributed by atoms with Gasteiger partial charge in [0.2, 0.25) is 0 Å². The smallest absolute Gasteiger partial charge is 0.410 e. The molecule has 7 nitrogen and oxygen atoms in total. The highest BCUT2D eigenvalue weighted by molar-refractivity contribution is 5.69. The van der Waals surface area contributed by atoms with Gasteiger partial charge >= 0.3 is 6.09 Å². The van der Waals surface area contributed by atoms with Gasteiger partial charge in [-0.1, -0.05) is 30.3 Å². The summed E-state index contributed by atoms with van der Waals surface area (Å²) in [6, 6.07) is 12.6. The molecular formula is C30H43N3O4. The van der Waals surface area contributed by atoms with Crippen molar-refractivity contribution in [3.8, 4) is 5.75 Å². The van der Waals surface area contributed by atoms with Crippen molar-refractivity contribution in [3.05, 3.63) is 54.4 Å². The molecule has 2 saturated heterocycles. The standard InChI is InChI=1S/C30H43N3O4/c1-30(2,3)37-29(34)33-15-7-10-26(33)23-36-28-20-27(21-31-22-28)32-16-11-25(12-17-32)14-19-35-18-13-24-8-5-4-6-9-24/h4-6,8-9,20-22,25-26H,7,10-19,23H2,1-3H3. The largest absolute Gasteiger partial charge is 0.490 e. The average molecular weight is 510 g/mol. The van der Waals surface area contributed by atoms with Crippen molar-refractivity contribution >= 4 is 11.8 Å². The number of hydrogen-bond acceptors (Lipinski definition) is 6. The molecule has 1 aromatic carbocycles. The number of hydrogen-bond donors (Lipinski definition) is 0. The first-order chi connectivity index (χ1) is 17.9. The van der Waals surface area contributed by atoms with Crippen LogP contribution in [0.1, 0.15) is 58.4 Å². The topological polar surface area (TPSA) is 64.1 Å². The molecule has 4 rings (SSSR count). The summed E-state index contributed by atoms with van der Waals surface area (Å²) in [6.45, 7) is 10.5. The van der Waals surface area contributed by atoms with Gasteiger partial charge in [0, 0.05) is 32.3 Å². The van der Waals surface area contributed by atoms with Gasteiger partial charge in [0.05, 0.1) is 30.7 Å². The van der Waals surface area contributed by atoms with Gasteiger partial charge in [-0.05, 0) is 70.8 Å². The highest BCUT2D eigenvalue weighted by Crippen LogP contribution is 2.28. The van der Waals surface area contributed by atoms with E-state index in [0.717, 1.165) is 63.4 Å². The number of pyridine rings is 1. The molecule has 7 heteroatoms. The molecule has 2 aliphatic rings. The third kappa shape index (κ3) is 8.63. The fourth-order valence-electron chi connectivity index (χ4n) is 5.09. The van der Waals surface area contributed by atoms with E-state index >= 15 is 0 Å². The molecule has 202 valence electrons. The lowest BCUT2D eigenvalue weighted by molar-refractivity contribution is 0.0187. The lowest BCUT2D eigenvalue weighted by Gasteiger charge is -2.33. The quantitative estimate of drug-likeness (QED) is 0.382. The third-order valence-corrected chi connectivity index (χ3v) is 7.17. The van der Waals surface area contributed by atoms with Crippen LogP contribution in [0.2, 0.25) is 0 Å². The summed E-state index contributed by atoms with van der Waals surface area (Å²) in [7, 11) is 0. The third-order valence-electron chi connectivity index (χ3n) is 7.17. The number of nitrogens with zero attached hydrogens (tertiary/aromatic N) is 3. The molecule has 1 atom stereocenters. The maximum atomic E-state index is 12.5. The molecule has 2 aliphatic heterocycles. The van der Waals surface area contributed by atoms with Crippen LogP contribution in [0.25, 0.3) is 0 Å². The second-order valence-electron chi connectivity index (χ2n) is 11.2. The van der Waals surface area contributed by atoms with Gasteiger partial charge in [-0.2, -0.15) is 0 Å². The van der Waals surface area contributed by atoms with E-state index in [0.29, 0.717) is 19.1 Å². The number of amides is 1. The van der Waals surface area contributed by atoms with E-state index in [1.165, 1.54) is 18.4 Å². The van der Waals surface area contributed by atoms with Crippen LogP contribution in [0, 0.1) is 5.92 Å². The minimum atomic E-state index is -0.494. The second kappa shape index (κ2) is 13.1. The number of rotatable bonds is 10. The molecule has 1 amide bonds. The van der Waals surface area contributed by atoms with Gasteiger partial charge < -0.3 is 24.0 Å². The minimum absolute atomic E-state index is 0.0316. The Labute approximate surface area is 222 Å². The number of piperidine rings is 1. The van der Waals surface area contributed by atoms with E-state index < -0.39 is 5.60 Å². The van der Waals surface area contributed by atoms with Crippen LogP contribution >= 0.6 is 0 Å². The molecule has 2 fully saturated rings. The molecule has 0 bridgehead atoms. The monoisotopic (exact) mass is 509 g/mol. The molecule has 1 aromatic heterocycles. The summed E-state index contributed by atoms with van der Waals surface area (Å²) in [5.74, 6) is 1.46. The first-order valence-electron chi connectivity index (χ1n) is 13.8. The number of benzene rings is 1. The fourth-order valence-corrected chi connectivity index (χ4v) is 5.09. The van der Waals surface area contributed by atoms with Gasteiger partial charge in [-0.15, -0.1) is 0 Å². The number of anilines is 1. The molecular weight excluding hydrogens is 466 g/mol. The molecule has 0 N–H and O–H groups in total. The normalized spacial score (nSPS) is 18.7. The highest BCUT2D eigenvalue weighted by Gasteiger charge is 2.32. The maximum Gasteiger partial charge on any atom is 0.410 e. The fraction of sp³-hybridized carbons (Fsp3) is 0.600. The van der Waals surface area contributed by atoms with Crippen molar-refractivity contribution in [3.63, 3.8) is 0 Å². The van der Waals surface area contributed by atoms with Crippen molar-refractivity contribution in [2.45, 2.75) is 70.9 Å². The molecule has 0 spiro atoms. The van der Waals surface area contributed by atoms with Crippen LogP contribution < -0.4 is 9.64 Å². The Morgan fingerprint density at radius 1 is 1.03 bits per heavy atom. The number of aromatic nitrogens is 1. The molecule has 3 heterocycles. The molecule has 2 aromatic rings.